The summed E-state index contributed by atoms with van der Waals surface area (Å²) < 4.78 is 12.9. The number of β-amino-alcohol motifs (C(OH)–C–C–N with tert-alkyl or cyclic N) is 1. The number of rotatable bonds is 8. The summed E-state index contributed by atoms with van der Waals surface area (Å²) >= 11 is 0. The van der Waals surface area contributed by atoms with E-state index in [1.165, 1.54) is 0 Å². The van der Waals surface area contributed by atoms with Crippen LogP contribution < -0.4 is 10.6 Å². The van der Waals surface area contributed by atoms with E-state index in [0.717, 1.165) is 35.2 Å². The van der Waals surface area contributed by atoms with Gasteiger partial charge < -0.3 is 30.3 Å². The number of benzene rings is 3. The Bertz CT molecular complexity index is 1190. The van der Waals surface area contributed by atoms with Crippen molar-refractivity contribution in [3.63, 3.8) is 0 Å². The molecule has 4 atom stereocenters. The van der Waals surface area contributed by atoms with Crippen molar-refractivity contribution in [2.45, 2.75) is 50.6 Å². The van der Waals surface area contributed by atoms with Gasteiger partial charge in [-0.2, -0.15) is 0 Å². The number of nitrogens with one attached hydrogen (secondary N) is 2. The smallest absolute Gasteiger partial charge is 0.319 e. The second-order valence-electron chi connectivity index (χ2n) is 9.97. The van der Waals surface area contributed by atoms with Crippen molar-refractivity contribution in [2.75, 3.05) is 25.0 Å². The molecule has 0 aliphatic carbocycles. The first kappa shape index (κ1) is 26.3. The molecule has 2 amide bonds. The molecule has 2 aliphatic heterocycles. The maximum absolute atomic E-state index is 12.5. The summed E-state index contributed by atoms with van der Waals surface area (Å²) in [5.74, 6) is 0. The Morgan fingerprint density at radius 2 is 1.76 bits per heavy atom. The van der Waals surface area contributed by atoms with Crippen molar-refractivity contribution in [2.24, 2.45) is 0 Å². The fourth-order valence-corrected chi connectivity index (χ4v) is 5.02. The number of amides is 2. The van der Waals surface area contributed by atoms with E-state index in [-0.39, 0.29) is 30.9 Å². The lowest BCUT2D eigenvalue weighted by atomic mass is 9.99. The van der Waals surface area contributed by atoms with Gasteiger partial charge in [0.15, 0.2) is 6.29 Å². The molecule has 0 aromatic heterocycles. The summed E-state index contributed by atoms with van der Waals surface area (Å²) in [5, 5.41) is 25.2. The zero-order valence-electron chi connectivity index (χ0n) is 21.3. The lowest BCUT2D eigenvalue weighted by Gasteiger charge is -2.38. The van der Waals surface area contributed by atoms with Crippen LogP contribution in [0.2, 0.25) is 0 Å². The van der Waals surface area contributed by atoms with E-state index in [1.807, 2.05) is 78.9 Å². The van der Waals surface area contributed by atoms with Gasteiger partial charge in [0.05, 0.1) is 24.9 Å². The molecule has 4 N–H and O–H groups in total. The zero-order valence-corrected chi connectivity index (χ0v) is 21.3. The van der Waals surface area contributed by atoms with Crippen molar-refractivity contribution in [3.8, 4) is 0 Å². The van der Waals surface area contributed by atoms with E-state index < -0.39 is 6.29 Å². The van der Waals surface area contributed by atoms with Crippen molar-refractivity contribution < 1.29 is 24.5 Å². The Morgan fingerprint density at radius 3 is 2.50 bits per heavy atom. The molecule has 0 bridgehead atoms. The third-order valence-electron chi connectivity index (χ3n) is 7.04. The Kier molecular flexibility index (Phi) is 8.68. The van der Waals surface area contributed by atoms with Gasteiger partial charge in [-0.15, -0.1) is 0 Å². The normalized spacial score (nSPS) is 23.7. The lowest BCUT2D eigenvalue weighted by molar-refractivity contribution is -0.252. The van der Waals surface area contributed by atoms with Gasteiger partial charge in [-0.3, -0.25) is 4.90 Å². The van der Waals surface area contributed by atoms with E-state index >= 15 is 0 Å². The second-order valence-corrected chi connectivity index (χ2v) is 9.97. The Balaban J connectivity index is 1.28. The monoisotopic (exact) mass is 517 g/mol. The minimum absolute atomic E-state index is 0.00380. The average molecular weight is 518 g/mol. The van der Waals surface area contributed by atoms with Crippen LogP contribution in [-0.4, -0.2) is 53.0 Å². The summed E-state index contributed by atoms with van der Waals surface area (Å²) in [7, 11) is 0. The predicted molar refractivity (Wildman–Crippen MR) is 144 cm³/mol. The fourth-order valence-electron chi connectivity index (χ4n) is 5.02. The van der Waals surface area contributed by atoms with Gasteiger partial charge in [0, 0.05) is 43.9 Å². The predicted octanol–water partition coefficient (Wildman–Crippen LogP) is 4.11. The topological polar surface area (TPSA) is 103 Å². The highest BCUT2D eigenvalue weighted by Gasteiger charge is 2.34. The van der Waals surface area contributed by atoms with Gasteiger partial charge in [0.1, 0.15) is 0 Å². The Labute approximate surface area is 223 Å². The number of carbonyl (C=O) groups is 1. The first-order chi connectivity index (χ1) is 18.6. The summed E-state index contributed by atoms with van der Waals surface area (Å²) in [5.41, 5.74) is 4.36. The van der Waals surface area contributed by atoms with Crippen LogP contribution in [-0.2, 0) is 22.6 Å². The molecule has 2 heterocycles. The summed E-state index contributed by atoms with van der Waals surface area (Å²) in [6.45, 7) is 2.64. The van der Waals surface area contributed by atoms with Crippen LogP contribution in [0.15, 0.2) is 78.9 Å². The summed E-state index contributed by atoms with van der Waals surface area (Å²) in [6, 6.07) is 24.8. The van der Waals surface area contributed by atoms with Crippen LogP contribution in [0, 0.1) is 0 Å². The average Bonchev–Trinajstić information content (AvgIpc) is 3.36. The standard InChI is InChI=1S/C30H35N3O5/c34-20-22-9-11-23(12-10-22)28-16-27(19-33-14-13-26(35)18-33)37-29(38-28)24-7-4-8-25(15-24)32-30(36)31-17-21-5-2-1-3-6-21/h1-12,15,26-29,34-35H,13-14,16-20H2,(H2,31,32,36)/t26-,27-,28+,29+/m0/s1. The second kappa shape index (κ2) is 12.5. The third kappa shape index (κ3) is 6.98. The van der Waals surface area contributed by atoms with E-state index in [2.05, 4.69) is 15.5 Å². The van der Waals surface area contributed by atoms with E-state index in [1.54, 1.807) is 0 Å². The van der Waals surface area contributed by atoms with Crippen LogP contribution in [0.25, 0.3) is 0 Å². The van der Waals surface area contributed by atoms with Gasteiger partial charge in [-0.1, -0.05) is 66.7 Å². The minimum Gasteiger partial charge on any atom is -0.392 e. The molecule has 0 saturated carbocycles. The molecule has 8 heteroatoms. The molecule has 3 aromatic carbocycles. The van der Waals surface area contributed by atoms with E-state index in [0.29, 0.717) is 31.7 Å². The Morgan fingerprint density at radius 1 is 0.947 bits per heavy atom. The number of hydrogen-bond acceptors (Lipinski definition) is 6. The van der Waals surface area contributed by atoms with Crippen molar-refractivity contribution in [3.05, 3.63) is 101 Å². The van der Waals surface area contributed by atoms with Gasteiger partial charge >= 0.3 is 6.03 Å². The van der Waals surface area contributed by atoms with Gasteiger partial charge in [-0.05, 0) is 35.2 Å². The summed E-state index contributed by atoms with van der Waals surface area (Å²) in [4.78, 5) is 14.7. The van der Waals surface area contributed by atoms with Gasteiger partial charge in [0.25, 0.3) is 0 Å². The lowest BCUT2D eigenvalue weighted by Crippen LogP contribution is -2.38. The zero-order chi connectivity index (χ0) is 26.3. The van der Waals surface area contributed by atoms with E-state index in [9.17, 15) is 15.0 Å². The highest BCUT2D eigenvalue weighted by Crippen LogP contribution is 2.38. The van der Waals surface area contributed by atoms with Crippen molar-refractivity contribution in [1.82, 2.24) is 10.2 Å². The number of carbonyl (C=O) groups excluding carboxylic acids is 1. The quantitative estimate of drug-likeness (QED) is 0.359. The van der Waals surface area contributed by atoms with Crippen LogP contribution in [0.4, 0.5) is 10.5 Å². The maximum atomic E-state index is 12.5. The first-order valence-corrected chi connectivity index (χ1v) is 13.2. The number of anilines is 1. The molecule has 2 saturated heterocycles. The molecule has 0 spiro atoms. The molecule has 3 aromatic rings. The molecular formula is C30H35N3O5. The van der Waals surface area contributed by atoms with Crippen LogP contribution in [0.5, 0.6) is 0 Å². The molecule has 38 heavy (non-hydrogen) atoms. The number of nitrogens with zero attached hydrogens (tertiary/aromatic N) is 1. The molecule has 0 unspecified atom stereocenters. The Hall–Kier alpha value is -3.27. The van der Waals surface area contributed by atoms with Crippen LogP contribution in [0.1, 0.15) is 47.5 Å². The largest absolute Gasteiger partial charge is 0.392 e. The van der Waals surface area contributed by atoms with Gasteiger partial charge in [-0.25, -0.2) is 4.79 Å². The fraction of sp³-hybridized carbons (Fsp3) is 0.367. The number of likely N-dealkylation sites (tertiary alicyclic amines) is 1. The molecule has 0 radical (unpaired) electrons. The van der Waals surface area contributed by atoms with Crippen LogP contribution in [0.3, 0.4) is 0 Å². The summed E-state index contributed by atoms with van der Waals surface area (Å²) in [6.07, 6.45) is 0.276. The highest BCUT2D eigenvalue weighted by atomic mass is 16.7. The van der Waals surface area contributed by atoms with Crippen molar-refractivity contribution in [1.29, 1.82) is 0 Å². The molecule has 2 aliphatic rings. The first-order valence-electron chi connectivity index (χ1n) is 13.2. The minimum atomic E-state index is -0.613. The molecule has 5 rings (SSSR count). The number of aliphatic hydroxyl groups is 2. The molecular weight excluding hydrogens is 482 g/mol. The molecule has 200 valence electrons. The van der Waals surface area contributed by atoms with Gasteiger partial charge in [0.2, 0.25) is 0 Å². The third-order valence-corrected chi connectivity index (χ3v) is 7.04. The van der Waals surface area contributed by atoms with Crippen molar-refractivity contribution >= 4 is 11.7 Å². The maximum Gasteiger partial charge on any atom is 0.319 e. The van der Waals surface area contributed by atoms with E-state index in [4.69, 9.17) is 9.47 Å². The number of hydrogen-bond donors (Lipinski definition) is 4. The number of aliphatic hydroxyl groups excluding tert-OH is 2. The number of ether oxygens (including phenoxy) is 2. The highest BCUT2D eigenvalue weighted by molar-refractivity contribution is 5.89. The SMILES string of the molecule is O=C(NCc1ccccc1)Nc1cccc([C@@H]2O[C@H](CN3CC[C@H](O)C3)C[C@H](c3ccc(CO)cc3)O2)c1. The number of urea groups is 1. The molecule has 8 nitrogen and oxygen atoms in total. The molecule has 2 fully saturated rings. The van der Waals surface area contributed by atoms with Crippen LogP contribution >= 0.6 is 0 Å².